The van der Waals surface area contributed by atoms with Gasteiger partial charge in [0.25, 0.3) is 0 Å². The summed E-state index contributed by atoms with van der Waals surface area (Å²) in [6.45, 7) is 3.30. The number of esters is 2. The van der Waals surface area contributed by atoms with Crippen molar-refractivity contribution in [2.75, 3.05) is 26.9 Å². The molecule has 0 saturated carbocycles. The zero-order chi connectivity index (χ0) is 15.8. The first kappa shape index (κ1) is 17.0. The molecule has 1 atom stereocenters. The van der Waals surface area contributed by atoms with Crippen LogP contribution in [0.4, 0.5) is 4.79 Å². The van der Waals surface area contributed by atoms with Crippen molar-refractivity contribution in [2.45, 2.75) is 26.3 Å². The first-order valence-corrected chi connectivity index (χ1v) is 6.65. The molecule has 118 valence electrons. The Hall–Kier alpha value is -2.09. The van der Waals surface area contributed by atoms with Crippen molar-refractivity contribution in [1.82, 2.24) is 10.6 Å². The molecule has 0 aromatic heterocycles. The van der Waals surface area contributed by atoms with Gasteiger partial charge in [-0.2, -0.15) is 0 Å². The molecule has 1 aliphatic rings. The van der Waals surface area contributed by atoms with Crippen molar-refractivity contribution >= 4 is 18.0 Å². The largest absolute Gasteiger partial charge is 0.463 e. The van der Waals surface area contributed by atoms with Crippen LogP contribution in [-0.4, -0.2) is 50.9 Å². The molecular weight excluding hydrogens is 280 g/mol. The van der Waals surface area contributed by atoms with Crippen LogP contribution in [0.1, 0.15) is 20.3 Å². The van der Waals surface area contributed by atoms with Gasteiger partial charge in [-0.3, -0.25) is 0 Å². The first-order valence-electron chi connectivity index (χ1n) is 6.65. The van der Waals surface area contributed by atoms with Crippen molar-refractivity contribution in [3.63, 3.8) is 0 Å². The number of carbonyl (C=O) groups is 3. The van der Waals surface area contributed by atoms with Crippen LogP contribution in [-0.2, 0) is 23.8 Å². The predicted molar refractivity (Wildman–Crippen MR) is 72.2 cm³/mol. The Balaban J connectivity index is 2.94. The minimum atomic E-state index is -0.589. The van der Waals surface area contributed by atoms with Crippen LogP contribution in [0.5, 0.6) is 0 Å². The number of nitrogens with one attached hydrogen (secondary N) is 2. The van der Waals surface area contributed by atoms with Crippen molar-refractivity contribution in [2.24, 2.45) is 0 Å². The van der Waals surface area contributed by atoms with Crippen LogP contribution in [0.3, 0.4) is 0 Å². The molecule has 1 heterocycles. The molecule has 1 aliphatic heterocycles. The number of hydrogen-bond acceptors (Lipinski definition) is 6. The van der Waals surface area contributed by atoms with E-state index in [9.17, 15) is 14.4 Å². The third-order valence-corrected chi connectivity index (χ3v) is 2.79. The minimum Gasteiger partial charge on any atom is -0.463 e. The summed E-state index contributed by atoms with van der Waals surface area (Å²) >= 11 is 0. The van der Waals surface area contributed by atoms with Gasteiger partial charge in [-0.25, -0.2) is 14.4 Å². The highest BCUT2D eigenvalue weighted by Gasteiger charge is 2.31. The van der Waals surface area contributed by atoms with Gasteiger partial charge in [-0.15, -0.1) is 0 Å². The molecule has 8 heteroatoms. The molecule has 0 aromatic carbocycles. The number of amides is 2. The van der Waals surface area contributed by atoms with Gasteiger partial charge in [0.05, 0.1) is 23.9 Å². The Kier molecular flexibility index (Phi) is 6.67. The summed E-state index contributed by atoms with van der Waals surface area (Å²) in [6, 6.07) is -0.929. The highest BCUT2D eigenvalue weighted by Crippen LogP contribution is 2.17. The molecule has 1 rings (SSSR count). The summed E-state index contributed by atoms with van der Waals surface area (Å²) in [5.41, 5.74) is 0.498. The van der Waals surface area contributed by atoms with E-state index in [1.54, 1.807) is 6.92 Å². The van der Waals surface area contributed by atoms with Gasteiger partial charge in [0, 0.05) is 7.11 Å². The minimum absolute atomic E-state index is 0.203. The molecule has 0 aromatic rings. The van der Waals surface area contributed by atoms with Gasteiger partial charge >= 0.3 is 18.0 Å². The lowest BCUT2D eigenvalue weighted by Crippen LogP contribution is -2.51. The normalized spacial score (nSPS) is 17.9. The summed E-state index contributed by atoms with van der Waals surface area (Å²) in [5.74, 6) is -1.14. The predicted octanol–water partition coefficient (Wildman–Crippen LogP) is 0.0846. The summed E-state index contributed by atoms with van der Waals surface area (Å²) < 4.78 is 14.6. The van der Waals surface area contributed by atoms with Gasteiger partial charge in [0.2, 0.25) is 0 Å². The van der Waals surface area contributed by atoms with E-state index >= 15 is 0 Å². The van der Waals surface area contributed by atoms with Crippen LogP contribution in [0, 0.1) is 0 Å². The summed E-state index contributed by atoms with van der Waals surface area (Å²) in [4.78, 5) is 34.9. The zero-order valence-corrected chi connectivity index (χ0v) is 12.4. The van der Waals surface area contributed by atoms with E-state index in [2.05, 4.69) is 15.4 Å². The van der Waals surface area contributed by atoms with Crippen LogP contribution in [0.25, 0.3) is 0 Å². The third kappa shape index (κ3) is 4.75. The van der Waals surface area contributed by atoms with Gasteiger partial charge in [0.1, 0.15) is 13.2 Å². The number of rotatable bonds is 7. The fraction of sp³-hybridized carbons (Fsp3) is 0.615. The number of urea groups is 1. The fourth-order valence-corrected chi connectivity index (χ4v) is 1.89. The molecule has 2 amide bonds. The van der Waals surface area contributed by atoms with E-state index in [4.69, 9.17) is 9.47 Å². The Morgan fingerprint density at radius 3 is 2.52 bits per heavy atom. The van der Waals surface area contributed by atoms with E-state index < -0.39 is 24.0 Å². The standard InChI is InChI=1S/C13H20N2O6/c1-4-8-11(12(17)20-5-2)9(15-13(18)14-8)6-21-10(16)7-19-3/h8H,4-7H2,1-3H3,(H2,14,15,18)/t8-/m0/s1. The quantitative estimate of drug-likeness (QED) is 0.646. The first-order chi connectivity index (χ1) is 10.0. The molecule has 21 heavy (non-hydrogen) atoms. The van der Waals surface area contributed by atoms with Gasteiger partial charge in [0.15, 0.2) is 0 Å². The van der Waals surface area contributed by atoms with Gasteiger partial charge < -0.3 is 24.8 Å². The van der Waals surface area contributed by atoms with Gasteiger partial charge in [-0.05, 0) is 13.3 Å². The summed E-state index contributed by atoms with van der Waals surface area (Å²) in [7, 11) is 1.37. The van der Waals surface area contributed by atoms with E-state index in [1.165, 1.54) is 7.11 Å². The summed E-state index contributed by atoms with van der Waals surface area (Å²) in [5, 5.41) is 5.10. The molecule has 0 saturated heterocycles. The second kappa shape index (κ2) is 8.25. The Morgan fingerprint density at radius 2 is 1.95 bits per heavy atom. The SMILES string of the molecule is CCOC(=O)C1=C(COC(=O)COC)NC(=O)N[C@H]1CC. The summed E-state index contributed by atoms with van der Waals surface area (Å²) in [6.07, 6.45) is 0.511. The highest BCUT2D eigenvalue weighted by atomic mass is 16.6. The Bertz CT molecular complexity index is 446. The average molecular weight is 300 g/mol. The molecule has 0 spiro atoms. The second-order valence-electron chi connectivity index (χ2n) is 4.27. The van der Waals surface area contributed by atoms with Crippen molar-refractivity contribution in [1.29, 1.82) is 0 Å². The molecule has 0 fully saturated rings. The van der Waals surface area contributed by atoms with Crippen molar-refractivity contribution in [3.8, 4) is 0 Å². The van der Waals surface area contributed by atoms with E-state index in [1.807, 2.05) is 6.92 Å². The average Bonchev–Trinajstić information content (AvgIpc) is 2.44. The lowest BCUT2D eigenvalue weighted by Gasteiger charge is -2.28. The monoisotopic (exact) mass is 300 g/mol. The number of methoxy groups -OCH3 is 1. The number of carbonyl (C=O) groups excluding carboxylic acids is 3. The van der Waals surface area contributed by atoms with Crippen LogP contribution in [0.15, 0.2) is 11.3 Å². The smallest absolute Gasteiger partial charge is 0.338 e. The van der Waals surface area contributed by atoms with E-state index in [0.29, 0.717) is 6.42 Å². The molecular formula is C13H20N2O6. The topological polar surface area (TPSA) is 103 Å². The van der Waals surface area contributed by atoms with Gasteiger partial charge in [-0.1, -0.05) is 6.92 Å². The molecule has 0 bridgehead atoms. The lowest BCUT2D eigenvalue weighted by atomic mass is 10.0. The maximum atomic E-state index is 12.0. The van der Waals surface area contributed by atoms with Crippen LogP contribution < -0.4 is 10.6 Å². The van der Waals surface area contributed by atoms with E-state index in [0.717, 1.165) is 0 Å². The lowest BCUT2D eigenvalue weighted by molar-refractivity contribution is -0.147. The molecule has 0 radical (unpaired) electrons. The highest BCUT2D eigenvalue weighted by molar-refractivity contribution is 5.94. The number of hydrogen-bond donors (Lipinski definition) is 2. The fourth-order valence-electron chi connectivity index (χ4n) is 1.89. The van der Waals surface area contributed by atoms with E-state index in [-0.39, 0.29) is 31.1 Å². The molecule has 0 unspecified atom stereocenters. The molecule has 8 nitrogen and oxygen atoms in total. The van der Waals surface area contributed by atoms with Crippen LogP contribution in [0.2, 0.25) is 0 Å². The number of ether oxygens (including phenoxy) is 3. The molecule has 0 aliphatic carbocycles. The zero-order valence-electron chi connectivity index (χ0n) is 12.4. The van der Waals surface area contributed by atoms with Crippen molar-refractivity contribution in [3.05, 3.63) is 11.3 Å². The maximum absolute atomic E-state index is 12.0. The Morgan fingerprint density at radius 1 is 1.24 bits per heavy atom. The van der Waals surface area contributed by atoms with Crippen LogP contribution >= 0.6 is 0 Å². The maximum Gasteiger partial charge on any atom is 0.338 e. The Labute approximate surface area is 122 Å². The van der Waals surface area contributed by atoms with Crippen molar-refractivity contribution < 1.29 is 28.6 Å². The molecule has 2 N–H and O–H groups in total. The second-order valence-corrected chi connectivity index (χ2v) is 4.27. The third-order valence-electron chi connectivity index (χ3n) is 2.79.